The van der Waals surface area contributed by atoms with Crippen molar-refractivity contribution in [1.82, 2.24) is 0 Å². The second-order valence-electron chi connectivity index (χ2n) is 4.83. The molecule has 0 atom stereocenters. The predicted molar refractivity (Wildman–Crippen MR) is 81.4 cm³/mol. The number of benzene rings is 2. The van der Waals surface area contributed by atoms with Gasteiger partial charge < -0.3 is 10.4 Å². The second-order valence-corrected chi connectivity index (χ2v) is 5.27. The number of nitrogens with zero attached hydrogens (tertiary/aromatic N) is 1. The van der Waals surface area contributed by atoms with Crippen LogP contribution in [-0.2, 0) is 0 Å². The standard InChI is InChI=1S/C15H13ClN2O4/c1-8-3-4-12(9(2)5-8)17-15(20)11-6-10(16)7-13(14(11)19)18(21)22/h3-7,19H,1-2H3,(H,17,20)/p-1. The normalized spacial score (nSPS) is 10.3. The van der Waals surface area contributed by atoms with Gasteiger partial charge in [-0.1, -0.05) is 29.3 Å². The van der Waals surface area contributed by atoms with Crippen LogP contribution in [0.5, 0.6) is 5.75 Å². The molecule has 0 unspecified atom stereocenters. The lowest BCUT2D eigenvalue weighted by Gasteiger charge is -2.15. The maximum atomic E-state index is 12.2. The number of anilines is 1. The summed E-state index contributed by atoms with van der Waals surface area (Å²) in [6.45, 7) is 3.72. The van der Waals surface area contributed by atoms with Crippen molar-refractivity contribution in [3.8, 4) is 5.75 Å². The Hall–Kier alpha value is -2.60. The van der Waals surface area contributed by atoms with E-state index >= 15 is 0 Å². The molecule has 0 aromatic heterocycles. The molecule has 0 radical (unpaired) electrons. The molecule has 1 amide bonds. The van der Waals surface area contributed by atoms with Crippen molar-refractivity contribution in [2.75, 3.05) is 5.32 Å². The van der Waals surface area contributed by atoms with E-state index in [1.54, 1.807) is 19.1 Å². The van der Waals surface area contributed by atoms with Crippen molar-refractivity contribution in [1.29, 1.82) is 0 Å². The molecule has 0 aliphatic carbocycles. The minimum atomic E-state index is -0.961. The van der Waals surface area contributed by atoms with E-state index in [0.29, 0.717) is 5.69 Å². The van der Waals surface area contributed by atoms with Crippen molar-refractivity contribution < 1.29 is 14.8 Å². The summed E-state index contributed by atoms with van der Waals surface area (Å²) >= 11 is 5.74. The SMILES string of the molecule is Cc1ccc(NC(=O)c2cc(Cl)cc([N+](=O)[O-])c2[O-])c(C)c1. The number of carbonyl (C=O) groups excluding carboxylic acids is 1. The highest BCUT2D eigenvalue weighted by molar-refractivity contribution is 6.31. The highest BCUT2D eigenvalue weighted by Gasteiger charge is 2.17. The molecule has 0 bridgehead atoms. The fourth-order valence-electron chi connectivity index (χ4n) is 2.03. The van der Waals surface area contributed by atoms with Gasteiger partial charge in [0.1, 0.15) is 0 Å². The van der Waals surface area contributed by atoms with Crippen LogP contribution in [0.4, 0.5) is 11.4 Å². The smallest absolute Gasteiger partial charge is 0.264 e. The maximum Gasteiger partial charge on any atom is 0.264 e. The van der Waals surface area contributed by atoms with E-state index in [1.807, 2.05) is 13.0 Å². The molecule has 0 saturated heterocycles. The van der Waals surface area contributed by atoms with Gasteiger partial charge in [0.2, 0.25) is 0 Å². The molecule has 1 N–H and O–H groups in total. The monoisotopic (exact) mass is 319 g/mol. The van der Waals surface area contributed by atoms with E-state index in [0.717, 1.165) is 23.3 Å². The van der Waals surface area contributed by atoms with Gasteiger partial charge in [-0.25, -0.2) is 0 Å². The molecule has 0 aliphatic rings. The van der Waals surface area contributed by atoms with Gasteiger partial charge in [-0.2, -0.15) is 0 Å². The first-order chi connectivity index (χ1) is 10.3. The van der Waals surface area contributed by atoms with Crippen LogP contribution in [0.15, 0.2) is 30.3 Å². The van der Waals surface area contributed by atoms with Crippen molar-refractivity contribution >= 4 is 28.9 Å². The summed E-state index contributed by atoms with van der Waals surface area (Å²) in [6.07, 6.45) is 0. The molecular weight excluding hydrogens is 308 g/mol. The average molecular weight is 320 g/mol. The molecule has 2 rings (SSSR count). The van der Waals surface area contributed by atoms with Gasteiger partial charge in [-0.3, -0.25) is 14.9 Å². The maximum absolute atomic E-state index is 12.2. The average Bonchev–Trinajstić information content (AvgIpc) is 2.43. The van der Waals surface area contributed by atoms with Crippen LogP contribution in [0, 0.1) is 24.0 Å². The third-order valence-electron chi connectivity index (χ3n) is 3.11. The molecule has 0 aliphatic heterocycles. The number of aryl methyl sites for hydroxylation is 2. The Bertz CT molecular complexity index is 774. The summed E-state index contributed by atoms with van der Waals surface area (Å²) in [5, 5.41) is 25.3. The summed E-state index contributed by atoms with van der Waals surface area (Å²) in [5.41, 5.74) is 1.28. The fourth-order valence-corrected chi connectivity index (χ4v) is 2.24. The molecule has 6 nitrogen and oxygen atoms in total. The number of carbonyl (C=O) groups is 1. The fraction of sp³-hybridized carbons (Fsp3) is 0.133. The van der Waals surface area contributed by atoms with E-state index in [1.165, 1.54) is 0 Å². The van der Waals surface area contributed by atoms with E-state index in [-0.39, 0.29) is 10.6 Å². The third-order valence-corrected chi connectivity index (χ3v) is 3.32. The van der Waals surface area contributed by atoms with Crippen LogP contribution in [0.1, 0.15) is 21.5 Å². The van der Waals surface area contributed by atoms with Crippen LogP contribution in [0.3, 0.4) is 0 Å². The lowest BCUT2D eigenvalue weighted by molar-refractivity contribution is -0.398. The molecule has 0 fully saturated rings. The number of rotatable bonds is 3. The van der Waals surface area contributed by atoms with Gasteiger partial charge in [0, 0.05) is 22.3 Å². The number of nitrogens with one attached hydrogen (secondary N) is 1. The van der Waals surface area contributed by atoms with Crippen LogP contribution >= 0.6 is 11.6 Å². The topological polar surface area (TPSA) is 95.3 Å². The first-order valence-electron chi connectivity index (χ1n) is 6.33. The molecule has 2 aromatic rings. The number of nitro groups is 1. The van der Waals surface area contributed by atoms with Crippen LogP contribution in [-0.4, -0.2) is 10.8 Å². The van der Waals surface area contributed by atoms with E-state index < -0.39 is 22.3 Å². The molecule has 22 heavy (non-hydrogen) atoms. The zero-order valence-electron chi connectivity index (χ0n) is 11.8. The number of halogens is 1. The van der Waals surface area contributed by atoms with E-state index in [9.17, 15) is 20.0 Å². The second kappa shape index (κ2) is 6.03. The highest BCUT2D eigenvalue weighted by atomic mass is 35.5. The van der Waals surface area contributed by atoms with Crippen LogP contribution in [0.25, 0.3) is 0 Å². The van der Waals surface area contributed by atoms with Crippen molar-refractivity contribution in [3.63, 3.8) is 0 Å². The molecule has 0 saturated carbocycles. The lowest BCUT2D eigenvalue weighted by Crippen LogP contribution is -2.16. The summed E-state index contributed by atoms with van der Waals surface area (Å²) in [7, 11) is 0. The highest BCUT2D eigenvalue weighted by Crippen LogP contribution is 2.31. The molecule has 0 heterocycles. The van der Waals surface area contributed by atoms with Gasteiger partial charge in [-0.05, 0) is 37.3 Å². The summed E-state index contributed by atoms with van der Waals surface area (Å²) in [5.74, 6) is -1.70. The Morgan fingerprint density at radius 2 is 1.91 bits per heavy atom. The minimum absolute atomic E-state index is 0.0444. The first-order valence-corrected chi connectivity index (χ1v) is 6.71. The first kappa shape index (κ1) is 15.8. The summed E-state index contributed by atoms with van der Waals surface area (Å²) < 4.78 is 0. The minimum Gasteiger partial charge on any atom is -0.867 e. The third kappa shape index (κ3) is 3.17. The summed E-state index contributed by atoms with van der Waals surface area (Å²) in [4.78, 5) is 22.2. The number of nitro benzene ring substituents is 1. The zero-order chi connectivity index (χ0) is 16.4. The van der Waals surface area contributed by atoms with E-state index in [2.05, 4.69) is 5.32 Å². The van der Waals surface area contributed by atoms with Gasteiger partial charge in [0.25, 0.3) is 11.6 Å². The molecule has 114 valence electrons. The van der Waals surface area contributed by atoms with Crippen molar-refractivity contribution in [3.05, 3.63) is 62.2 Å². The van der Waals surface area contributed by atoms with Gasteiger partial charge >= 0.3 is 0 Å². The van der Waals surface area contributed by atoms with Gasteiger partial charge in [-0.15, -0.1) is 0 Å². The van der Waals surface area contributed by atoms with Crippen molar-refractivity contribution in [2.45, 2.75) is 13.8 Å². The molecule has 0 spiro atoms. The molecule has 7 heteroatoms. The van der Waals surface area contributed by atoms with Crippen molar-refractivity contribution in [2.24, 2.45) is 0 Å². The summed E-state index contributed by atoms with van der Waals surface area (Å²) in [6, 6.07) is 7.43. The van der Waals surface area contributed by atoms with Crippen LogP contribution < -0.4 is 10.4 Å². The Morgan fingerprint density at radius 1 is 1.23 bits per heavy atom. The largest absolute Gasteiger partial charge is 0.867 e. The Morgan fingerprint density at radius 3 is 2.50 bits per heavy atom. The Kier molecular flexibility index (Phi) is 4.32. The quantitative estimate of drug-likeness (QED) is 0.694. The number of hydrogen-bond donors (Lipinski definition) is 1. The molecular formula is C15H12ClN2O4-. The predicted octanol–water partition coefficient (Wildman–Crippen LogP) is 3.19. The number of hydrogen-bond acceptors (Lipinski definition) is 4. The Balaban J connectivity index is 2.39. The molecule has 2 aromatic carbocycles. The lowest BCUT2D eigenvalue weighted by atomic mass is 10.1. The van der Waals surface area contributed by atoms with Gasteiger partial charge in [0.05, 0.1) is 4.92 Å². The number of amides is 1. The van der Waals surface area contributed by atoms with E-state index in [4.69, 9.17) is 11.6 Å². The Labute approximate surface area is 131 Å². The van der Waals surface area contributed by atoms with Gasteiger partial charge in [0.15, 0.2) is 0 Å². The van der Waals surface area contributed by atoms with Crippen LogP contribution in [0.2, 0.25) is 5.02 Å². The zero-order valence-corrected chi connectivity index (χ0v) is 12.6.